The molecule has 0 radical (unpaired) electrons. The Bertz CT molecular complexity index is 1100. The van der Waals surface area contributed by atoms with E-state index >= 15 is 4.39 Å². The third kappa shape index (κ3) is 3.08. The number of benzene rings is 1. The molecule has 4 rings (SSSR count). The third-order valence-electron chi connectivity index (χ3n) is 4.71. The summed E-state index contributed by atoms with van der Waals surface area (Å²) in [5.41, 5.74) is 6.81. The van der Waals surface area contributed by atoms with Gasteiger partial charge in [0.05, 0.1) is 23.8 Å². The molecule has 6 nitrogen and oxygen atoms in total. The van der Waals surface area contributed by atoms with Crippen molar-refractivity contribution in [1.29, 1.82) is 0 Å². The lowest BCUT2D eigenvalue weighted by Crippen LogP contribution is -2.22. The molecule has 1 amide bonds. The number of aromatic nitrogens is 3. The molecular weight excluding hydrogens is 345 g/mol. The number of allylic oxidation sites excluding steroid dienone is 3. The smallest absolute Gasteiger partial charge is 0.221 e. The predicted molar refractivity (Wildman–Crippen MR) is 102 cm³/mol. The summed E-state index contributed by atoms with van der Waals surface area (Å²) in [4.78, 5) is 16.7. The fourth-order valence-electron chi connectivity index (χ4n) is 3.35. The van der Waals surface area contributed by atoms with Gasteiger partial charge in [0.2, 0.25) is 5.91 Å². The number of rotatable bonds is 4. The van der Waals surface area contributed by atoms with E-state index in [9.17, 15) is 4.79 Å². The summed E-state index contributed by atoms with van der Waals surface area (Å²) in [7, 11) is 0. The molecule has 1 unspecified atom stereocenters. The van der Waals surface area contributed by atoms with Gasteiger partial charge in [0.15, 0.2) is 5.67 Å². The van der Waals surface area contributed by atoms with Gasteiger partial charge < -0.3 is 11.6 Å². The monoisotopic (exact) mass is 363 g/mol. The van der Waals surface area contributed by atoms with Crippen molar-refractivity contribution < 1.29 is 9.18 Å². The first-order chi connectivity index (χ1) is 13.0. The number of halogens is 1. The molecule has 27 heavy (non-hydrogen) atoms. The molecule has 1 atom stereocenters. The van der Waals surface area contributed by atoms with Gasteiger partial charge in [-0.3, -0.25) is 9.78 Å². The highest BCUT2D eigenvalue weighted by atomic mass is 19.1. The maximum absolute atomic E-state index is 15.7. The van der Waals surface area contributed by atoms with Gasteiger partial charge in [-0.05, 0) is 35.4 Å². The average molecular weight is 363 g/mol. The van der Waals surface area contributed by atoms with Crippen LogP contribution in [0.15, 0.2) is 66.5 Å². The van der Waals surface area contributed by atoms with Gasteiger partial charge in [0, 0.05) is 23.6 Å². The Balaban J connectivity index is 1.74. The van der Waals surface area contributed by atoms with Crippen molar-refractivity contribution in [2.45, 2.75) is 18.5 Å². The SMILES string of the molecule is NC(=O)CC1=CCC(F)(c2ncccc2-c2ccc3c(cnn3N)c2)C=C1. The van der Waals surface area contributed by atoms with E-state index in [0.29, 0.717) is 16.8 Å². The Hall–Kier alpha value is -3.48. The molecule has 3 aromatic rings. The van der Waals surface area contributed by atoms with E-state index in [-0.39, 0.29) is 12.8 Å². The quantitative estimate of drug-likeness (QED) is 0.696. The number of pyridine rings is 1. The number of primary amides is 1. The normalized spacial score (nSPS) is 19.2. The Labute approximate surface area is 155 Å². The number of hydrogen-bond acceptors (Lipinski definition) is 4. The first-order valence-electron chi connectivity index (χ1n) is 8.50. The van der Waals surface area contributed by atoms with Crippen molar-refractivity contribution >= 4 is 16.8 Å². The van der Waals surface area contributed by atoms with Crippen LogP contribution in [0.2, 0.25) is 0 Å². The number of nitrogens with zero attached hydrogens (tertiary/aromatic N) is 3. The Morgan fingerprint density at radius 3 is 2.93 bits per heavy atom. The van der Waals surface area contributed by atoms with E-state index in [1.165, 1.54) is 10.9 Å². The maximum Gasteiger partial charge on any atom is 0.221 e. The third-order valence-corrected chi connectivity index (χ3v) is 4.71. The fourth-order valence-corrected chi connectivity index (χ4v) is 3.35. The summed E-state index contributed by atoms with van der Waals surface area (Å²) >= 11 is 0. The van der Waals surface area contributed by atoms with E-state index in [1.807, 2.05) is 24.3 Å². The maximum atomic E-state index is 15.7. The molecule has 0 aliphatic heterocycles. The molecule has 136 valence electrons. The van der Waals surface area contributed by atoms with E-state index in [4.69, 9.17) is 11.6 Å². The molecule has 0 spiro atoms. The molecule has 0 saturated heterocycles. The molecule has 2 heterocycles. The second-order valence-corrected chi connectivity index (χ2v) is 6.58. The molecule has 2 aromatic heterocycles. The molecule has 0 bridgehead atoms. The number of hydrogen-bond donors (Lipinski definition) is 2. The Morgan fingerprint density at radius 2 is 2.19 bits per heavy atom. The lowest BCUT2D eigenvalue weighted by Gasteiger charge is -2.25. The second-order valence-electron chi connectivity index (χ2n) is 6.58. The van der Waals surface area contributed by atoms with Crippen LogP contribution in [0.25, 0.3) is 22.0 Å². The number of fused-ring (bicyclic) bond motifs is 1. The largest absolute Gasteiger partial charge is 0.369 e. The minimum absolute atomic E-state index is 0.0963. The number of nitrogen functional groups attached to an aromatic ring is 1. The summed E-state index contributed by atoms with van der Waals surface area (Å²) in [6, 6.07) is 9.25. The molecule has 7 heteroatoms. The van der Waals surface area contributed by atoms with Crippen LogP contribution in [0, 0.1) is 0 Å². The Kier molecular flexibility index (Phi) is 3.99. The van der Waals surface area contributed by atoms with E-state index in [0.717, 1.165) is 16.5 Å². The lowest BCUT2D eigenvalue weighted by molar-refractivity contribution is -0.117. The minimum Gasteiger partial charge on any atom is -0.369 e. The zero-order valence-corrected chi connectivity index (χ0v) is 14.5. The van der Waals surface area contributed by atoms with Gasteiger partial charge >= 0.3 is 0 Å². The molecule has 1 aliphatic carbocycles. The standard InChI is InChI=1S/C20H18FN5O/c21-20(7-5-13(6-8-20)10-18(22)27)19-16(2-1-9-24-19)14-3-4-17-15(11-14)12-25-26(17)23/h1-7,9,11-12H,8,10,23H2,(H2,22,27). The van der Waals surface area contributed by atoms with Crippen molar-refractivity contribution in [3.8, 4) is 11.1 Å². The van der Waals surface area contributed by atoms with Crippen LogP contribution >= 0.6 is 0 Å². The van der Waals surface area contributed by atoms with Crippen LogP contribution in [-0.2, 0) is 10.5 Å². The summed E-state index contributed by atoms with van der Waals surface area (Å²) in [5.74, 6) is 5.32. The topological polar surface area (TPSA) is 99.8 Å². The van der Waals surface area contributed by atoms with Gasteiger partial charge in [-0.25, -0.2) is 4.39 Å². The van der Waals surface area contributed by atoms with Crippen LogP contribution in [0.4, 0.5) is 4.39 Å². The molecule has 0 saturated carbocycles. The van der Waals surface area contributed by atoms with Gasteiger partial charge in [0.1, 0.15) is 0 Å². The van der Waals surface area contributed by atoms with E-state index < -0.39 is 11.6 Å². The number of carbonyl (C=O) groups is 1. The second kappa shape index (κ2) is 6.35. The fraction of sp³-hybridized carbons (Fsp3) is 0.150. The van der Waals surface area contributed by atoms with Crippen LogP contribution in [-0.4, -0.2) is 20.8 Å². The van der Waals surface area contributed by atoms with Crippen molar-refractivity contribution in [2.75, 3.05) is 5.84 Å². The van der Waals surface area contributed by atoms with Crippen LogP contribution in [0.5, 0.6) is 0 Å². The molecular formula is C20H18FN5O. The summed E-state index contributed by atoms with van der Waals surface area (Å²) < 4.78 is 15.7. The molecule has 0 fully saturated rings. The predicted octanol–water partition coefficient (Wildman–Crippen LogP) is 2.74. The van der Waals surface area contributed by atoms with Crippen LogP contribution in [0.3, 0.4) is 0 Å². The van der Waals surface area contributed by atoms with Gasteiger partial charge in [-0.2, -0.15) is 9.89 Å². The number of amides is 1. The highest BCUT2D eigenvalue weighted by Crippen LogP contribution is 2.40. The molecule has 1 aliphatic rings. The zero-order valence-electron chi connectivity index (χ0n) is 14.5. The minimum atomic E-state index is -1.76. The van der Waals surface area contributed by atoms with Crippen molar-refractivity contribution in [3.05, 3.63) is 72.2 Å². The van der Waals surface area contributed by atoms with Crippen molar-refractivity contribution in [3.63, 3.8) is 0 Å². The summed E-state index contributed by atoms with van der Waals surface area (Å²) in [6.45, 7) is 0. The van der Waals surface area contributed by atoms with E-state index in [2.05, 4.69) is 10.1 Å². The highest BCUT2D eigenvalue weighted by Gasteiger charge is 2.34. The van der Waals surface area contributed by atoms with Crippen molar-refractivity contribution in [2.24, 2.45) is 5.73 Å². The van der Waals surface area contributed by atoms with Crippen LogP contribution < -0.4 is 11.6 Å². The first-order valence-corrected chi connectivity index (χ1v) is 8.50. The van der Waals surface area contributed by atoms with Gasteiger partial charge in [-0.1, -0.05) is 24.3 Å². The van der Waals surface area contributed by atoms with Gasteiger partial charge in [-0.15, -0.1) is 0 Å². The lowest BCUT2D eigenvalue weighted by atomic mass is 9.85. The average Bonchev–Trinajstić information content (AvgIpc) is 3.04. The molecule has 1 aromatic carbocycles. The summed E-state index contributed by atoms with van der Waals surface area (Å²) in [5, 5.41) is 4.90. The number of nitrogens with two attached hydrogens (primary N) is 2. The van der Waals surface area contributed by atoms with Gasteiger partial charge in [0.25, 0.3) is 0 Å². The summed E-state index contributed by atoms with van der Waals surface area (Å²) in [6.07, 6.45) is 8.19. The first kappa shape index (κ1) is 17.0. The van der Waals surface area contributed by atoms with Crippen LogP contribution in [0.1, 0.15) is 18.5 Å². The van der Waals surface area contributed by atoms with Crippen molar-refractivity contribution in [1.82, 2.24) is 14.9 Å². The number of alkyl halides is 1. The highest BCUT2D eigenvalue weighted by molar-refractivity contribution is 5.85. The number of carbonyl (C=O) groups excluding carboxylic acids is 1. The zero-order chi connectivity index (χ0) is 19.0. The van der Waals surface area contributed by atoms with E-state index in [1.54, 1.807) is 30.6 Å². The Morgan fingerprint density at radius 1 is 1.33 bits per heavy atom. The molecule has 4 N–H and O–H groups in total.